The van der Waals surface area contributed by atoms with Crippen molar-refractivity contribution in [1.82, 2.24) is 10.4 Å². The maximum Gasteiger partial charge on any atom is 0.284 e. The maximum absolute atomic E-state index is 11.6. The molecule has 4 heteroatoms. The molecule has 0 radical (unpaired) electrons. The second-order valence-electron chi connectivity index (χ2n) is 3.69. The monoisotopic (exact) mass is 215 g/mol. The lowest BCUT2D eigenvalue weighted by atomic mass is 10.0. The first-order valence-electron chi connectivity index (χ1n) is 5.02. The van der Waals surface area contributed by atoms with Gasteiger partial charge in [0.2, 0.25) is 0 Å². The van der Waals surface area contributed by atoms with Gasteiger partial charge in [-0.05, 0) is 24.8 Å². The first-order valence-corrected chi connectivity index (χ1v) is 5.02. The van der Waals surface area contributed by atoms with Gasteiger partial charge < -0.3 is 0 Å². The van der Waals surface area contributed by atoms with Crippen LogP contribution in [0.25, 0.3) is 10.8 Å². The standard InChI is InChI=1S/C12H13N3O/c1-7-8(2)14-11(12(16)15-13)10-6-4-3-5-9(7)10/h3-6H,13H2,1-2H3,(H,15,16). The molecule has 2 aromatic rings. The number of nitrogens with one attached hydrogen (secondary N) is 1. The maximum atomic E-state index is 11.6. The Kier molecular flexibility index (Phi) is 2.58. The van der Waals surface area contributed by atoms with Gasteiger partial charge in [0, 0.05) is 11.1 Å². The molecular weight excluding hydrogens is 202 g/mol. The average Bonchev–Trinajstić information content (AvgIpc) is 2.33. The Morgan fingerprint density at radius 1 is 1.25 bits per heavy atom. The van der Waals surface area contributed by atoms with Crippen LogP contribution < -0.4 is 11.3 Å². The van der Waals surface area contributed by atoms with E-state index in [0.717, 1.165) is 22.0 Å². The van der Waals surface area contributed by atoms with Crippen molar-refractivity contribution in [2.24, 2.45) is 5.84 Å². The molecule has 0 bridgehead atoms. The van der Waals surface area contributed by atoms with Gasteiger partial charge in [-0.25, -0.2) is 10.8 Å². The molecule has 0 aliphatic carbocycles. The zero-order chi connectivity index (χ0) is 11.7. The molecule has 1 amide bonds. The summed E-state index contributed by atoms with van der Waals surface area (Å²) in [5.74, 6) is 4.78. The molecule has 0 fully saturated rings. The molecule has 1 aromatic heterocycles. The van der Waals surface area contributed by atoms with Crippen molar-refractivity contribution in [3.63, 3.8) is 0 Å². The number of carbonyl (C=O) groups excluding carboxylic acids is 1. The van der Waals surface area contributed by atoms with Crippen molar-refractivity contribution in [3.8, 4) is 0 Å². The summed E-state index contributed by atoms with van der Waals surface area (Å²) in [5, 5.41) is 1.86. The van der Waals surface area contributed by atoms with Crippen LogP contribution in [0.2, 0.25) is 0 Å². The molecule has 1 heterocycles. The smallest absolute Gasteiger partial charge is 0.284 e. The molecule has 82 valence electrons. The number of pyridine rings is 1. The van der Waals surface area contributed by atoms with Crippen LogP contribution in [0, 0.1) is 13.8 Å². The summed E-state index contributed by atoms with van der Waals surface area (Å²) in [7, 11) is 0. The zero-order valence-corrected chi connectivity index (χ0v) is 9.24. The summed E-state index contributed by atoms with van der Waals surface area (Å²) >= 11 is 0. The third kappa shape index (κ3) is 1.53. The van der Waals surface area contributed by atoms with Crippen LogP contribution in [-0.4, -0.2) is 10.9 Å². The fraction of sp³-hybridized carbons (Fsp3) is 0.167. The van der Waals surface area contributed by atoms with Crippen LogP contribution in [0.15, 0.2) is 24.3 Å². The highest BCUT2D eigenvalue weighted by Gasteiger charge is 2.13. The van der Waals surface area contributed by atoms with Gasteiger partial charge in [0.15, 0.2) is 0 Å². The fourth-order valence-corrected chi connectivity index (χ4v) is 1.76. The minimum Gasteiger partial charge on any atom is -0.289 e. The van der Waals surface area contributed by atoms with Crippen molar-refractivity contribution in [2.45, 2.75) is 13.8 Å². The van der Waals surface area contributed by atoms with Gasteiger partial charge in [-0.3, -0.25) is 10.2 Å². The van der Waals surface area contributed by atoms with Gasteiger partial charge in [0.05, 0.1) is 0 Å². The van der Waals surface area contributed by atoms with Gasteiger partial charge in [-0.1, -0.05) is 24.3 Å². The lowest BCUT2D eigenvalue weighted by Gasteiger charge is -2.09. The molecule has 0 aliphatic rings. The van der Waals surface area contributed by atoms with Crippen LogP contribution >= 0.6 is 0 Å². The quantitative estimate of drug-likeness (QED) is 0.430. The Bertz CT molecular complexity index is 563. The fourth-order valence-electron chi connectivity index (χ4n) is 1.76. The lowest BCUT2D eigenvalue weighted by Crippen LogP contribution is -2.31. The van der Waals surface area contributed by atoms with Gasteiger partial charge >= 0.3 is 0 Å². The summed E-state index contributed by atoms with van der Waals surface area (Å²) in [6.07, 6.45) is 0. The third-order valence-electron chi connectivity index (χ3n) is 2.75. The number of hydrazine groups is 1. The Labute approximate surface area is 93.4 Å². The van der Waals surface area contributed by atoms with E-state index in [1.165, 1.54) is 0 Å². The van der Waals surface area contributed by atoms with Crippen LogP contribution in [0.4, 0.5) is 0 Å². The first-order chi connectivity index (χ1) is 7.65. The van der Waals surface area contributed by atoms with E-state index in [1.54, 1.807) is 0 Å². The van der Waals surface area contributed by atoms with Crippen molar-refractivity contribution in [3.05, 3.63) is 41.2 Å². The minimum absolute atomic E-state index is 0.362. The lowest BCUT2D eigenvalue weighted by molar-refractivity contribution is 0.0950. The third-order valence-corrected chi connectivity index (χ3v) is 2.75. The van der Waals surface area contributed by atoms with Crippen molar-refractivity contribution >= 4 is 16.7 Å². The molecule has 0 saturated carbocycles. The molecule has 0 saturated heterocycles. The van der Waals surface area contributed by atoms with E-state index in [9.17, 15) is 4.79 Å². The van der Waals surface area contributed by atoms with Crippen molar-refractivity contribution in [1.29, 1.82) is 0 Å². The van der Waals surface area contributed by atoms with E-state index < -0.39 is 0 Å². The van der Waals surface area contributed by atoms with Crippen LogP contribution in [0.1, 0.15) is 21.7 Å². The summed E-state index contributed by atoms with van der Waals surface area (Å²) in [6.45, 7) is 3.88. The number of rotatable bonds is 1. The van der Waals surface area contributed by atoms with Gasteiger partial charge in [0.25, 0.3) is 5.91 Å². The van der Waals surface area contributed by atoms with E-state index >= 15 is 0 Å². The molecule has 0 unspecified atom stereocenters. The zero-order valence-electron chi connectivity index (χ0n) is 9.24. The van der Waals surface area contributed by atoms with Gasteiger partial charge in [-0.2, -0.15) is 0 Å². The molecule has 0 aliphatic heterocycles. The largest absolute Gasteiger partial charge is 0.289 e. The molecule has 2 rings (SSSR count). The predicted molar refractivity (Wildman–Crippen MR) is 62.9 cm³/mol. The average molecular weight is 215 g/mol. The van der Waals surface area contributed by atoms with E-state index in [2.05, 4.69) is 10.4 Å². The molecular formula is C12H13N3O. The molecule has 1 aromatic carbocycles. The number of amides is 1. The minimum atomic E-state index is -0.362. The van der Waals surface area contributed by atoms with Crippen molar-refractivity contribution < 1.29 is 4.79 Å². The predicted octanol–water partition coefficient (Wildman–Crippen LogP) is 1.46. The van der Waals surface area contributed by atoms with Crippen molar-refractivity contribution in [2.75, 3.05) is 0 Å². The van der Waals surface area contributed by atoms with Gasteiger partial charge in [0.1, 0.15) is 5.69 Å². The van der Waals surface area contributed by atoms with Gasteiger partial charge in [-0.15, -0.1) is 0 Å². The number of fused-ring (bicyclic) bond motifs is 1. The summed E-state index contributed by atoms with van der Waals surface area (Å²) in [4.78, 5) is 15.9. The molecule has 3 N–H and O–H groups in total. The molecule has 16 heavy (non-hydrogen) atoms. The van der Waals surface area contributed by atoms with E-state index in [4.69, 9.17) is 5.84 Å². The van der Waals surface area contributed by atoms with Crippen LogP contribution in [0.3, 0.4) is 0 Å². The van der Waals surface area contributed by atoms with E-state index in [-0.39, 0.29) is 5.91 Å². The summed E-state index contributed by atoms with van der Waals surface area (Å²) in [6, 6.07) is 7.68. The Hall–Kier alpha value is -1.94. The number of nitrogens with two attached hydrogens (primary N) is 1. The molecule has 4 nitrogen and oxygen atoms in total. The first kappa shape index (κ1) is 10.6. The Balaban J connectivity index is 2.85. The number of carbonyl (C=O) groups is 1. The second-order valence-corrected chi connectivity index (χ2v) is 3.69. The Morgan fingerprint density at radius 3 is 2.50 bits per heavy atom. The SMILES string of the molecule is Cc1nc(C(=O)NN)c2ccccc2c1C. The summed E-state index contributed by atoms with van der Waals surface area (Å²) < 4.78 is 0. The van der Waals surface area contributed by atoms with E-state index in [0.29, 0.717) is 5.69 Å². The topological polar surface area (TPSA) is 68.0 Å². The Morgan fingerprint density at radius 2 is 1.88 bits per heavy atom. The van der Waals surface area contributed by atoms with Crippen LogP contribution in [-0.2, 0) is 0 Å². The molecule has 0 spiro atoms. The molecule has 0 atom stereocenters. The number of nitrogen functional groups attached to an aromatic ring is 1. The highest BCUT2D eigenvalue weighted by molar-refractivity contribution is 6.05. The highest BCUT2D eigenvalue weighted by Crippen LogP contribution is 2.22. The summed E-state index contributed by atoms with van der Waals surface area (Å²) in [5.41, 5.74) is 4.43. The van der Waals surface area contributed by atoms with E-state index in [1.807, 2.05) is 38.1 Å². The normalized spacial score (nSPS) is 10.4. The number of hydrogen-bond donors (Lipinski definition) is 2. The number of hydrogen-bond acceptors (Lipinski definition) is 3. The highest BCUT2D eigenvalue weighted by atomic mass is 16.2. The van der Waals surface area contributed by atoms with Crippen LogP contribution in [0.5, 0.6) is 0 Å². The number of benzene rings is 1. The number of aromatic nitrogens is 1. The number of nitrogens with zero attached hydrogens (tertiary/aromatic N) is 1. The number of aryl methyl sites for hydroxylation is 2. The second kappa shape index (κ2) is 3.90.